The fourth-order valence-corrected chi connectivity index (χ4v) is 9.00. The minimum atomic E-state index is -0.726. The summed E-state index contributed by atoms with van der Waals surface area (Å²) >= 11 is 1.64. The number of fused-ring (bicyclic) bond motifs is 1. The molecule has 7 atom stereocenters. The van der Waals surface area contributed by atoms with Crippen LogP contribution in [-0.2, 0) is 19.1 Å². The maximum absolute atomic E-state index is 14.4. The van der Waals surface area contributed by atoms with Crippen LogP contribution < -0.4 is 0 Å². The Bertz CT molecular complexity index is 880. The molecule has 3 heterocycles. The highest BCUT2D eigenvalue weighted by Crippen LogP contribution is 2.72. The Hall–Kier alpha value is -1.80. The number of hydrogen-bond acceptors (Lipinski definition) is 6. The molecule has 2 amide bonds. The number of thioether (sulfide) groups is 1. The molecule has 3 aliphatic heterocycles. The molecule has 8 heteroatoms. The Labute approximate surface area is 227 Å². The van der Waals surface area contributed by atoms with Gasteiger partial charge in [0.1, 0.15) is 6.04 Å². The first-order valence-electron chi connectivity index (χ1n) is 14.0. The van der Waals surface area contributed by atoms with E-state index in [4.69, 9.17) is 4.74 Å². The highest BCUT2D eigenvalue weighted by Gasteiger charge is 2.78. The number of unbranched alkanes of at least 4 members (excludes halogenated alkanes) is 2. The van der Waals surface area contributed by atoms with Gasteiger partial charge in [0, 0.05) is 17.8 Å². The van der Waals surface area contributed by atoms with Gasteiger partial charge in [-0.15, -0.1) is 24.9 Å². The van der Waals surface area contributed by atoms with Crippen molar-refractivity contribution in [1.29, 1.82) is 0 Å². The summed E-state index contributed by atoms with van der Waals surface area (Å²) in [5.41, 5.74) is 0. The van der Waals surface area contributed by atoms with Gasteiger partial charge in [0.25, 0.3) is 0 Å². The number of aliphatic hydroxyl groups is 1. The molecule has 0 aromatic heterocycles. The summed E-state index contributed by atoms with van der Waals surface area (Å²) in [6, 6.07) is -1.21. The predicted molar refractivity (Wildman–Crippen MR) is 148 cm³/mol. The lowest BCUT2D eigenvalue weighted by Gasteiger charge is -2.41. The maximum Gasteiger partial charge on any atom is 0.311 e. The zero-order chi connectivity index (χ0) is 27.4. The molecule has 0 saturated carbocycles. The topological polar surface area (TPSA) is 87.1 Å². The number of ether oxygens (including phenoxy) is 1. The first-order chi connectivity index (χ1) is 17.7. The van der Waals surface area contributed by atoms with Gasteiger partial charge in [-0.1, -0.05) is 52.2 Å². The van der Waals surface area contributed by atoms with Crippen molar-refractivity contribution in [3.05, 3.63) is 25.3 Å². The van der Waals surface area contributed by atoms with Crippen LogP contribution in [0.1, 0.15) is 72.6 Å². The monoisotopic (exact) mass is 534 g/mol. The van der Waals surface area contributed by atoms with Gasteiger partial charge in [-0.2, -0.15) is 0 Å². The molecule has 3 saturated heterocycles. The first kappa shape index (κ1) is 29.8. The second-order valence-electron chi connectivity index (χ2n) is 11.1. The summed E-state index contributed by atoms with van der Waals surface area (Å²) < 4.78 is 4.45. The molecule has 2 unspecified atom stereocenters. The molecular formula is C29H46N2O5S. The zero-order valence-electron chi connectivity index (χ0n) is 23.1. The average molecular weight is 535 g/mol. The van der Waals surface area contributed by atoms with E-state index >= 15 is 0 Å². The molecule has 208 valence electrons. The Balaban J connectivity index is 2.07. The second-order valence-corrected chi connectivity index (χ2v) is 13.0. The van der Waals surface area contributed by atoms with Crippen LogP contribution in [0.3, 0.4) is 0 Å². The first-order valence-corrected chi connectivity index (χ1v) is 14.8. The molecule has 0 aliphatic carbocycles. The van der Waals surface area contributed by atoms with Crippen LogP contribution >= 0.6 is 11.8 Å². The third kappa shape index (κ3) is 5.25. The minimum Gasteiger partial charge on any atom is -0.465 e. The Morgan fingerprint density at radius 1 is 1.27 bits per heavy atom. The highest BCUT2D eigenvalue weighted by atomic mass is 32.2. The van der Waals surface area contributed by atoms with Crippen LogP contribution in [0.4, 0.5) is 0 Å². The van der Waals surface area contributed by atoms with E-state index in [9.17, 15) is 19.5 Å². The Morgan fingerprint density at radius 2 is 2.00 bits per heavy atom. The third-order valence-corrected chi connectivity index (χ3v) is 10.8. The van der Waals surface area contributed by atoms with Gasteiger partial charge in [-0.25, -0.2) is 0 Å². The van der Waals surface area contributed by atoms with Crippen molar-refractivity contribution in [2.45, 2.75) is 94.2 Å². The second kappa shape index (κ2) is 12.4. The molecule has 1 spiro atoms. The zero-order valence-corrected chi connectivity index (χ0v) is 23.9. The van der Waals surface area contributed by atoms with Crippen molar-refractivity contribution in [3.8, 4) is 0 Å². The number of aliphatic hydroxyl groups excluding tert-OH is 1. The number of esters is 1. The minimum absolute atomic E-state index is 0.00296. The fourth-order valence-electron chi connectivity index (χ4n) is 6.68. The molecule has 3 fully saturated rings. The van der Waals surface area contributed by atoms with Crippen molar-refractivity contribution in [3.63, 3.8) is 0 Å². The van der Waals surface area contributed by atoms with E-state index in [0.29, 0.717) is 25.9 Å². The Morgan fingerprint density at radius 3 is 2.59 bits per heavy atom. The van der Waals surface area contributed by atoms with Gasteiger partial charge >= 0.3 is 5.97 Å². The molecule has 0 aromatic rings. The van der Waals surface area contributed by atoms with E-state index < -0.39 is 33.4 Å². The quantitative estimate of drug-likeness (QED) is 0.193. The number of amides is 2. The molecule has 2 bridgehead atoms. The normalized spacial score (nSPS) is 31.6. The molecule has 0 aromatic carbocycles. The van der Waals surface area contributed by atoms with E-state index in [1.807, 2.05) is 25.7 Å². The smallest absolute Gasteiger partial charge is 0.311 e. The lowest BCUT2D eigenvalue weighted by Crippen LogP contribution is -2.58. The predicted octanol–water partition coefficient (Wildman–Crippen LogP) is 4.20. The maximum atomic E-state index is 14.4. The van der Waals surface area contributed by atoms with Crippen LogP contribution in [0.5, 0.6) is 0 Å². The lowest BCUT2D eigenvalue weighted by atomic mass is 9.66. The van der Waals surface area contributed by atoms with Crippen molar-refractivity contribution in [2.75, 3.05) is 26.3 Å². The number of carbonyl (C=O) groups is 3. The molecule has 37 heavy (non-hydrogen) atoms. The van der Waals surface area contributed by atoms with Crippen LogP contribution in [0.2, 0.25) is 0 Å². The van der Waals surface area contributed by atoms with Crippen molar-refractivity contribution < 1.29 is 24.2 Å². The van der Waals surface area contributed by atoms with Gasteiger partial charge in [-0.3, -0.25) is 14.4 Å². The van der Waals surface area contributed by atoms with Gasteiger partial charge in [0.2, 0.25) is 11.8 Å². The molecular weight excluding hydrogens is 488 g/mol. The van der Waals surface area contributed by atoms with Crippen molar-refractivity contribution in [1.82, 2.24) is 9.80 Å². The van der Waals surface area contributed by atoms with Gasteiger partial charge in [-0.05, 0) is 38.5 Å². The van der Waals surface area contributed by atoms with Crippen LogP contribution in [0.15, 0.2) is 25.3 Å². The Kier molecular flexibility index (Phi) is 9.95. The summed E-state index contributed by atoms with van der Waals surface area (Å²) in [7, 11) is 0. The van der Waals surface area contributed by atoms with Crippen molar-refractivity contribution in [2.24, 2.45) is 17.8 Å². The molecule has 0 radical (unpaired) electrons. The fraction of sp³-hybridized carbons (Fsp3) is 0.759. The number of nitrogens with zero attached hydrogens (tertiary/aromatic N) is 2. The third-order valence-electron chi connectivity index (χ3n) is 8.81. The van der Waals surface area contributed by atoms with E-state index in [2.05, 4.69) is 20.1 Å². The van der Waals surface area contributed by atoms with Crippen LogP contribution in [0, 0.1) is 17.8 Å². The summed E-state index contributed by atoms with van der Waals surface area (Å²) in [5, 5.41) is 10.5. The largest absolute Gasteiger partial charge is 0.465 e. The summed E-state index contributed by atoms with van der Waals surface area (Å²) in [4.78, 5) is 45.6. The number of hydrogen-bond donors (Lipinski definition) is 1. The van der Waals surface area contributed by atoms with E-state index in [0.717, 1.165) is 32.1 Å². The summed E-state index contributed by atoms with van der Waals surface area (Å²) in [6.07, 6.45) is 9.11. The molecule has 3 rings (SSSR count). The van der Waals surface area contributed by atoms with Gasteiger partial charge < -0.3 is 19.6 Å². The molecule has 3 aliphatic rings. The van der Waals surface area contributed by atoms with Crippen LogP contribution in [0.25, 0.3) is 0 Å². The summed E-state index contributed by atoms with van der Waals surface area (Å²) in [6.45, 7) is 16.8. The van der Waals surface area contributed by atoms with Gasteiger partial charge in [0.05, 0.1) is 35.8 Å². The lowest BCUT2D eigenvalue weighted by molar-refractivity contribution is -0.156. The summed E-state index contributed by atoms with van der Waals surface area (Å²) in [5.74, 6) is -1.89. The number of carbonyl (C=O) groups excluding carboxylic acids is 3. The van der Waals surface area contributed by atoms with Crippen molar-refractivity contribution >= 4 is 29.5 Å². The highest BCUT2D eigenvalue weighted by molar-refractivity contribution is 8.02. The molecule has 7 nitrogen and oxygen atoms in total. The average Bonchev–Trinajstić information content (AvgIpc) is 3.44. The van der Waals surface area contributed by atoms with E-state index in [1.165, 1.54) is 0 Å². The number of rotatable bonds is 15. The molecule has 1 N–H and O–H groups in total. The van der Waals surface area contributed by atoms with E-state index in [-0.39, 0.29) is 36.9 Å². The standard InChI is InChI=1S/C29H46N2O5S/c1-7-11-13-17-30(16-9-3)26(34)24-29-15-14-28(6,37-29)23(27(35)36-18-12-8-2)22(29)25(33)31(24)21(19-32)20(5)10-4/h8-9,20-24,32H,2-3,7,10-19H2,1,4-6H3/t20-,21-,22-,23+,24?,28-,29?/m0/s1. The number of likely N-dealkylation sites (tertiary alicyclic amines) is 1. The van der Waals surface area contributed by atoms with Crippen LogP contribution in [-0.4, -0.2) is 80.6 Å². The van der Waals surface area contributed by atoms with Gasteiger partial charge in [0.15, 0.2) is 0 Å². The SMILES string of the molecule is C=CCCOC(=O)[C@H]1[C@H]2C(=O)N([C@@H](CO)[C@@H](C)CC)C(C(=O)N(CC=C)CCCCC)C23CC[C@]1(C)S3. The van der Waals surface area contributed by atoms with E-state index in [1.54, 1.807) is 28.8 Å².